The van der Waals surface area contributed by atoms with Gasteiger partial charge in [-0.3, -0.25) is 9.78 Å². The first kappa shape index (κ1) is 14.5. The summed E-state index contributed by atoms with van der Waals surface area (Å²) in [6.07, 6.45) is 3.03. The minimum Gasteiger partial charge on any atom is -0.486 e. The average Bonchev–Trinajstić information content (AvgIpc) is 2.46. The summed E-state index contributed by atoms with van der Waals surface area (Å²) in [7, 11) is 0. The van der Waals surface area contributed by atoms with Gasteiger partial charge in [0.2, 0.25) is 0 Å². The van der Waals surface area contributed by atoms with E-state index in [-0.39, 0.29) is 18.8 Å². The molecule has 0 unspecified atom stereocenters. The fraction of sp³-hybridized carbons (Fsp3) is 0.250. The molecule has 0 bridgehead atoms. The van der Waals surface area contributed by atoms with Gasteiger partial charge in [-0.1, -0.05) is 30.7 Å². The monoisotopic (exact) mass is 289 g/mol. The smallest absolute Gasteiger partial charge is 0.176 e. The molecule has 2 aromatic rings. The van der Waals surface area contributed by atoms with Crippen LogP contribution in [-0.4, -0.2) is 17.4 Å². The Morgan fingerprint density at radius 2 is 2.15 bits per heavy atom. The van der Waals surface area contributed by atoms with Crippen LogP contribution in [0, 0.1) is 0 Å². The summed E-state index contributed by atoms with van der Waals surface area (Å²) in [4.78, 5) is 16.1. The number of Topliss-reactive ketones (excluding diaryl/α,β-unsaturated/α-hetero) is 1. The number of hydrogen-bond donors (Lipinski definition) is 0. The van der Waals surface area contributed by atoms with E-state index >= 15 is 0 Å². The molecule has 0 aliphatic heterocycles. The lowest BCUT2D eigenvalue weighted by molar-refractivity contribution is -0.120. The number of benzene rings is 1. The fourth-order valence-corrected chi connectivity index (χ4v) is 1.92. The van der Waals surface area contributed by atoms with Crippen LogP contribution >= 0.6 is 11.6 Å². The second-order valence-electron chi connectivity index (χ2n) is 4.47. The van der Waals surface area contributed by atoms with E-state index in [1.54, 1.807) is 30.5 Å². The molecule has 4 heteroatoms. The van der Waals surface area contributed by atoms with Gasteiger partial charge in [-0.15, -0.1) is 0 Å². The zero-order valence-corrected chi connectivity index (χ0v) is 12.1. The van der Waals surface area contributed by atoms with Crippen molar-refractivity contribution in [3.05, 3.63) is 58.9 Å². The molecule has 3 nitrogen and oxygen atoms in total. The third-order valence-electron chi connectivity index (χ3n) is 2.87. The summed E-state index contributed by atoms with van der Waals surface area (Å²) in [5, 5.41) is 0.590. The van der Waals surface area contributed by atoms with E-state index in [2.05, 4.69) is 11.9 Å². The predicted molar refractivity (Wildman–Crippen MR) is 79.3 cm³/mol. The molecule has 1 aromatic heterocycles. The van der Waals surface area contributed by atoms with Crippen LogP contribution in [0.3, 0.4) is 0 Å². The normalized spacial score (nSPS) is 10.3. The standard InChI is InChI=1S/C16H16ClNO2/c1-2-12-6-7-14(18-10-12)9-15(19)11-20-16-5-3-4-13(17)8-16/h3-8,10H,2,9,11H2,1H3. The minimum absolute atomic E-state index is 0.0123. The number of carbonyl (C=O) groups is 1. The SMILES string of the molecule is CCc1ccc(CC(=O)COc2cccc(Cl)c2)nc1. The molecule has 0 aliphatic carbocycles. The number of halogens is 1. The van der Waals surface area contributed by atoms with Crippen molar-refractivity contribution in [3.8, 4) is 5.75 Å². The highest BCUT2D eigenvalue weighted by Gasteiger charge is 2.06. The number of pyridine rings is 1. The van der Waals surface area contributed by atoms with Crippen LogP contribution in [0.1, 0.15) is 18.2 Å². The van der Waals surface area contributed by atoms with Crippen molar-refractivity contribution in [2.75, 3.05) is 6.61 Å². The summed E-state index contributed by atoms with van der Waals surface area (Å²) < 4.78 is 5.40. The molecule has 20 heavy (non-hydrogen) atoms. The van der Waals surface area contributed by atoms with E-state index in [0.29, 0.717) is 10.8 Å². The van der Waals surface area contributed by atoms with Crippen molar-refractivity contribution < 1.29 is 9.53 Å². The Morgan fingerprint density at radius 1 is 1.30 bits per heavy atom. The molecule has 0 amide bonds. The Morgan fingerprint density at radius 3 is 2.80 bits per heavy atom. The maximum atomic E-state index is 11.8. The fourth-order valence-electron chi connectivity index (χ4n) is 1.74. The molecule has 1 heterocycles. The lowest BCUT2D eigenvalue weighted by Crippen LogP contribution is -2.14. The molecule has 0 radical (unpaired) electrons. The number of ether oxygens (including phenoxy) is 1. The van der Waals surface area contributed by atoms with Gasteiger partial charge in [-0.05, 0) is 36.2 Å². The van der Waals surface area contributed by atoms with E-state index in [1.165, 1.54) is 0 Å². The van der Waals surface area contributed by atoms with Crippen molar-refractivity contribution in [1.29, 1.82) is 0 Å². The topological polar surface area (TPSA) is 39.2 Å². The van der Waals surface area contributed by atoms with Gasteiger partial charge in [0, 0.05) is 16.9 Å². The second-order valence-corrected chi connectivity index (χ2v) is 4.91. The van der Waals surface area contributed by atoms with E-state index in [4.69, 9.17) is 16.3 Å². The maximum Gasteiger partial charge on any atom is 0.176 e. The van der Waals surface area contributed by atoms with Gasteiger partial charge in [0.25, 0.3) is 0 Å². The Hall–Kier alpha value is -1.87. The molecule has 0 fully saturated rings. The third kappa shape index (κ3) is 4.35. The summed E-state index contributed by atoms with van der Waals surface area (Å²) in [6, 6.07) is 10.9. The first-order valence-corrected chi connectivity index (χ1v) is 6.89. The number of nitrogens with zero attached hydrogens (tertiary/aromatic N) is 1. The summed E-state index contributed by atoms with van der Waals surface area (Å²) in [6.45, 7) is 2.10. The van der Waals surface area contributed by atoms with Crippen molar-refractivity contribution in [2.45, 2.75) is 19.8 Å². The van der Waals surface area contributed by atoms with Gasteiger partial charge in [-0.2, -0.15) is 0 Å². The van der Waals surface area contributed by atoms with E-state index in [0.717, 1.165) is 17.7 Å². The highest BCUT2D eigenvalue weighted by molar-refractivity contribution is 6.30. The minimum atomic E-state index is -0.0123. The molecular weight excluding hydrogens is 274 g/mol. The molecule has 2 rings (SSSR count). The summed E-state index contributed by atoms with van der Waals surface area (Å²) in [5.74, 6) is 0.585. The van der Waals surface area contributed by atoms with Gasteiger partial charge in [0.1, 0.15) is 12.4 Å². The van der Waals surface area contributed by atoms with Crippen molar-refractivity contribution >= 4 is 17.4 Å². The van der Waals surface area contributed by atoms with Crippen LogP contribution in [0.15, 0.2) is 42.6 Å². The molecule has 0 spiro atoms. The molecule has 0 N–H and O–H groups in total. The van der Waals surface area contributed by atoms with Gasteiger partial charge in [-0.25, -0.2) is 0 Å². The van der Waals surface area contributed by atoms with Crippen molar-refractivity contribution in [2.24, 2.45) is 0 Å². The lowest BCUT2D eigenvalue weighted by atomic mass is 10.1. The molecule has 0 aliphatic rings. The largest absolute Gasteiger partial charge is 0.486 e. The Balaban J connectivity index is 1.85. The van der Waals surface area contributed by atoms with Gasteiger partial charge in [0.15, 0.2) is 5.78 Å². The summed E-state index contributed by atoms with van der Waals surface area (Å²) >= 11 is 5.84. The highest BCUT2D eigenvalue weighted by atomic mass is 35.5. The Kier molecular flexibility index (Phi) is 5.13. The molecule has 1 aromatic carbocycles. The van der Waals surface area contributed by atoms with Crippen molar-refractivity contribution in [1.82, 2.24) is 4.98 Å². The highest BCUT2D eigenvalue weighted by Crippen LogP contribution is 2.17. The van der Waals surface area contributed by atoms with Crippen LogP contribution in [0.25, 0.3) is 0 Å². The Bertz CT molecular complexity index is 581. The number of aryl methyl sites for hydroxylation is 1. The van der Waals surface area contributed by atoms with E-state index in [1.807, 2.05) is 12.1 Å². The number of carbonyl (C=O) groups excluding carboxylic acids is 1. The molecular formula is C16H16ClNO2. The lowest BCUT2D eigenvalue weighted by Gasteiger charge is -2.06. The van der Waals surface area contributed by atoms with Crippen LogP contribution in [0.5, 0.6) is 5.75 Å². The molecule has 104 valence electrons. The van der Waals surface area contributed by atoms with E-state index < -0.39 is 0 Å². The number of ketones is 1. The van der Waals surface area contributed by atoms with Crippen LogP contribution < -0.4 is 4.74 Å². The van der Waals surface area contributed by atoms with Gasteiger partial charge >= 0.3 is 0 Å². The van der Waals surface area contributed by atoms with Gasteiger partial charge < -0.3 is 4.74 Å². The van der Waals surface area contributed by atoms with Crippen LogP contribution in [-0.2, 0) is 17.6 Å². The Labute approximate surface area is 123 Å². The number of aromatic nitrogens is 1. The second kappa shape index (κ2) is 7.06. The molecule has 0 saturated carbocycles. The average molecular weight is 290 g/mol. The maximum absolute atomic E-state index is 11.8. The quantitative estimate of drug-likeness (QED) is 0.817. The van der Waals surface area contributed by atoms with Crippen molar-refractivity contribution in [3.63, 3.8) is 0 Å². The van der Waals surface area contributed by atoms with Crippen LogP contribution in [0.2, 0.25) is 5.02 Å². The predicted octanol–water partition coefficient (Wildman–Crippen LogP) is 3.49. The first-order chi connectivity index (χ1) is 9.67. The first-order valence-electron chi connectivity index (χ1n) is 6.51. The number of rotatable bonds is 6. The zero-order valence-electron chi connectivity index (χ0n) is 11.3. The van der Waals surface area contributed by atoms with Gasteiger partial charge in [0.05, 0.1) is 6.42 Å². The third-order valence-corrected chi connectivity index (χ3v) is 3.10. The van der Waals surface area contributed by atoms with Crippen LogP contribution in [0.4, 0.5) is 0 Å². The summed E-state index contributed by atoms with van der Waals surface area (Å²) in [5.41, 5.74) is 1.93. The molecule has 0 saturated heterocycles. The van der Waals surface area contributed by atoms with E-state index in [9.17, 15) is 4.79 Å². The zero-order chi connectivity index (χ0) is 14.4. The number of hydrogen-bond acceptors (Lipinski definition) is 3. The molecule has 0 atom stereocenters.